The molecule has 0 spiro atoms. The van der Waals surface area contributed by atoms with Gasteiger partial charge < -0.3 is 26.0 Å². The first-order valence-corrected chi connectivity index (χ1v) is 11.5. The Morgan fingerprint density at radius 2 is 1.61 bits per heavy atom. The minimum Gasteiger partial charge on any atom is -0.478 e. The van der Waals surface area contributed by atoms with Gasteiger partial charge in [-0.1, -0.05) is 11.8 Å². The van der Waals surface area contributed by atoms with Crippen LogP contribution in [0.25, 0.3) is 11.9 Å². The second-order valence-electron chi connectivity index (χ2n) is 7.11. The molecular formula is C21H18N10O6S+2. The summed E-state index contributed by atoms with van der Waals surface area (Å²) >= 11 is 0.912. The standard InChI is InChI=1S/C21H16N10O6S/c1-23-17-26-19(31-7-3-5-12(9-31)15(35)36)29-21(27-17)38-10-13(32)37-20-25-16(22)24-18(28-20)30-6-2-4-11(8-30)14(33)34/h2-9H,10H2,1H3,(H3-2,22,23,24,25,26,27,28,29,33,34,35,36)/p+2/i/hD. The van der Waals surface area contributed by atoms with Crippen LogP contribution in [0.15, 0.2) is 54.2 Å². The van der Waals surface area contributed by atoms with Crippen LogP contribution >= 0.6 is 11.8 Å². The molecule has 5 N–H and O–H groups in total. The predicted molar refractivity (Wildman–Crippen MR) is 127 cm³/mol. The number of pyridine rings is 2. The largest absolute Gasteiger partial charge is 0.478 e. The highest BCUT2D eigenvalue weighted by atomic mass is 32.2. The summed E-state index contributed by atoms with van der Waals surface area (Å²) in [5, 5.41) is 21.4. The highest BCUT2D eigenvalue weighted by molar-refractivity contribution is 7.99. The lowest BCUT2D eigenvalue weighted by atomic mass is 10.3. The molecular weight excluding hydrogens is 520 g/mol. The van der Waals surface area contributed by atoms with Gasteiger partial charge in [0.15, 0.2) is 1.41 Å². The van der Waals surface area contributed by atoms with Gasteiger partial charge in [0, 0.05) is 7.05 Å². The van der Waals surface area contributed by atoms with Crippen LogP contribution in [-0.2, 0) is 4.79 Å². The van der Waals surface area contributed by atoms with E-state index in [4.69, 9.17) is 6.15 Å². The third kappa shape index (κ3) is 6.26. The van der Waals surface area contributed by atoms with Crippen molar-refractivity contribution in [1.29, 1.82) is 0 Å². The fraction of sp³-hybridized carbons (Fsp3) is 0.0952. The maximum Gasteiger partial charge on any atom is 0.446 e. The Labute approximate surface area is 218 Å². The average molecular weight is 540 g/mol. The van der Waals surface area contributed by atoms with Crippen LogP contribution in [0.4, 0.5) is 11.9 Å². The molecule has 0 unspecified atom stereocenters. The Balaban J connectivity index is 1.51. The third-order valence-corrected chi connectivity index (χ3v) is 5.33. The Hall–Kier alpha value is -5.32. The van der Waals surface area contributed by atoms with Gasteiger partial charge in [0.1, 0.15) is 5.75 Å². The highest BCUT2D eigenvalue weighted by Crippen LogP contribution is 2.16. The quantitative estimate of drug-likeness (QED) is 0.111. The van der Waals surface area contributed by atoms with Gasteiger partial charge in [0.05, 0.1) is 35.9 Å². The second-order valence-corrected chi connectivity index (χ2v) is 8.05. The second kappa shape index (κ2) is 11.2. The molecule has 0 saturated heterocycles. The summed E-state index contributed by atoms with van der Waals surface area (Å²) in [6, 6.07) is 5.34. The van der Waals surface area contributed by atoms with Crippen molar-refractivity contribution in [3.63, 3.8) is 0 Å². The van der Waals surface area contributed by atoms with E-state index >= 15 is 0 Å². The summed E-state index contributed by atoms with van der Waals surface area (Å²) in [5.74, 6) is -3.41. The molecule has 0 aliphatic rings. The number of nitrogens with zero attached hydrogens (tertiary/aromatic N) is 8. The van der Waals surface area contributed by atoms with Crippen LogP contribution in [0.2, 0.25) is 1.41 Å². The average Bonchev–Trinajstić information content (AvgIpc) is 2.95. The predicted octanol–water partition coefficient (Wildman–Crippen LogP) is -0.672. The molecule has 192 valence electrons. The molecule has 0 atom stereocenters. The highest BCUT2D eigenvalue weighted by Gasteiger charge is 2.23. The van der Waals surface area contributed by atoms with Crippen molar-refractivity contribution in [3.05, 3.63) is 60.2 Å². The maximum atomic E-state index is 12.6. The van der Waals surface area contributed by atoms with Crippen molar-refractivity contribution in [3.8, 4) is 17.9 Å². The van der Waals surface area contributed by atoms with E-state index in [2.05, 4.69) is 35.2 Å². The first-order chi connectivity index (χ1) is 18.7. The summed E-state index contributed by atoms with van der Waals surface area (Å²) in [5.41, 5.74) is 1.96. The number of carboxylic acid groups (broad SMARTS) is 2. The number of carbonyl (C=O) groups excluding carboxylic acids is 1. The van der Waals surface area contributed by atoms with Crippen LogP contribution in [0, 0.1) is 0 Å². The Morgan fingerprint density at radius 1 is 0.974 bits per heavy atom. The zero-order chi connectivity index (χ0) is 27.9. The van der Waals surface area contributed by atoms with E-state index in [0.29, 0.717) is 0 Å². The summed E-state index contributed by atoms with van der Waals surface area (Å²) in [4.78, 5) is 59.6. The molecule has 17 heteroatoms. The van der Waals surface area contributed by atoms with Gasteiger partial charge in [0.2, 0.25) is 0 Å². The van der Waals surface area contributed by atoms with Crippen molar-refractivity contribution in [2.45, 2.75) is 5.16 Å². The molecule has 0 saturated carbocycles. The van der Waals surface area contributed by atoms with Gasteiger partial charge in [0.25, 0.3) is 5.16 Å². The van der Waals surface area contributed by atoms with Crippen LogP contribution in [0.3, 0.4) is 0 Å². The number of thioether (sulfide) groups is 1. The first kappa shape index (κ1) is 24.4. The minimum atomic E-state index is -1.17. The Morgan fingerprint density at radius 3 is 2.18 bits per heavy atom. The first-order valence-electron chi connectivity index (χ1n) is 11.0. The number of nitrogen functional groups attached to an aromatic ring is 1. The lowest BCUT2D eigenvalue weighted by Crippen LogP contribution is -2.34. The van der Waals surface area contributed by atoms with Crippen LogP contribution < -0.4 is 24.9 Å². The Kier molecular flexibility index (Phi) is 7.16. The molecule has 16 nitrogen and oxygen atoms in total. The molecule has 38 heavy (non-hydrogen) atoms. The van der Waals surface area contributed by atoms with E-state index in [1.165, 1.54) is 52.0 Å². The molecule has 4 aromatic heterocycles. The summed E-state index contributed by atoms with van der Waals surface area (Å²) in [6.45, 7) is 0. The summed E-state index contributed by atoms with van der Waals surface area (Å²) in [7, 11) is 1.58. The molecule has 4 heterocycles. The number of carbonyl (C=O) groups is 3. The smallest absolute Gasteiger partial charge is 0.446 e. The fourth-order valence-electron chi connectivity index (χ4n) is 2.85. The Bertz CT molecular complexity index is 1580. The maximum absolute atomic E-state index is 12.6. The van der Waals surface area contributed by atoms with E-state index < -0.39 is 23.9 Å². The lowest BCUT2D eigenvalue weighted by Gasteiger charge is -2.02. The number of hydrogen-bond acceptors (Lipinski definition) is 13. The van der Waals surface area contributed by atoms with E-state index in [0.717, 1.165) is 11.8 Å². The van der Waals surface area contributed by atoms with Gasteiger partial charge in [-0.3, -0.25) is 4.79 Å². The molecule has 0 bridgehead atoms. The summed E-state index contributed by atoms with van der Waals surface area (Å²) in [6.07, 6.45) is 5.61. The molecule has 0 aliphatic carbocycles. The fourth-order valence-corrected chi connectivity index (χ4v) is 3.46. The van der Waals surface area contributed by atoms with Gasteiger partial charge in [-0.15, -0.1) is 4.98 Å². The number of carboxylic acids is 2. The monoisotopic (exact) mass is 539 g/mol. The molecule has 0 radical (unpaired) electrons. The van der Waals surface area contributed by atoms with Crippen LogP contribution in [-0.4, -0.2) is 70.8 Å². The van der Waals surface area contributed by atoms with Gasteiger partial charge in [-0.2, -0.15) is 4.98 Å². The number of rotatable bonds is 10. The number of aromatic nitrogens is 8. The molecule has 4 rings (SSSR count). The van der Waals surface area contributed by atoms with Gasteiger partial charge in [-0.25, -0.2) is 18.7 Å². The molecule has 4 aromatic rings. The molecule has 0 aliphatic heterocycles. The zero-order valence-corrected chi connectivity index (χ0v) is 20.2. The van der Waals surface area contributed by atoms with Crippen molar-refractivity contribution in [2.24, 2.45) is 0 Å². The topological polar surface area (TPSA) is 224 Å². The van der Waals surface area contributed by atoms with Gasteiger partial charge >= 0.3 is 47.7 Å². The van der Waals surface area contributed by atoms with Crippen LogP contribution in [0.5, 0.6) is 6.01 Å². The number of ether oxygens (including phenoxy) is 1. The zero-order valence-electron chi connectivity index (χ0n) is 20.3. The van der Waals surface area contributed by atoms with Crippen molar-refractivity contribution < 1.29 is 39.9 Å². The van der Waals surface area contributed by atoms with Crippen molar-refractivity contribution >= 4 is 41.6 Å². The van der Waals surface area contributed by atoms with E-state index in [1.807, 2.05) is 5.73 Å². The number of aromatic carboxylic acids is 2. The normalized spacial score (nSPS) is 10.8. The van der Waals surface area contributed by atoms with Crippen molar-refractivity contribution in [2.75, 3.05) is 23.8 Å². The number of nitrogens with two attached hydrogens (primary N) is 1. The van der Waals surface area contributed by atoms with Gasteiger partial charge in [-0.05, 0) is 44.2 Å². The molecule has 0 aromatic carbocycles. The minimum absolute atomic E-state index is 0.0211. The number of esters is 1. The number of hydrogen-bond donors (Lipinski definition) is 4. The number of nitrogens with one attached hydrogen (secondary N) is 1. The third-order valence-electron chi connectivity index (χ3n) is 4.51. The summed E-state index contributed by atoms with van der Waals surface area (Å²) < 4.78 is 15.2. The SMILES string of the molecule is [2H]Nc1nc(OC(=O)CSc2nc(NC)nc(-[n+]3cccc(C(=O)O)c3)n2)nc(-[n+]2cccc(C(=O)O)c2)n1. The molecule has 0 fully saturated rings. The van der Waals surface area contributed by atoms with E-state index in [9.17, 15) is 24.6 Å². The molecule has 0 amide bonds. The number of anilines is 2. The van der Waals surface area contributed by atoms with E-state index in [-0.39, 0.29) is 45.8 Å². The van der Waals surface area contributed by atoms with E-state index in [1.54, 1.807) is 13.2 Å². The lowest BCUT2D eigenvalue weighted by molar-refractivity contribution is -0.604. The van der Waals surface area contributed by atoms with Crippen LogP contribution in [0.1, 0.15) is 20.7 Å². The van der Waals surface area contributed by atoms with Crippen molar-refractivity contribution in [1.82, 2.24) is 29.9 Å².